The smallest absolute Gasteiger partial charge is 0.417 e. The molecule has 6 nitrogen and oxygen atoms in total. The molecule has 0 radical (unpaired) electrons. The molecule has 0 bridgehead atoms. The molecule has 1 N–H and O–H groups in total. The molecule has 1 heterocycles. The van der Waals surface area contributed by atoms with E-state index in [2.05, 4.69) is 5.32 Å². The topological polar surface area (TPSA) is 77.4 Å². The average Bonchev–Trinajstić information content (AvgIpc) is 3.53. The lowest BCUT2D eigenvalue weighted by atomic mass is 9.83. The van der Waals surface area contributed by atoms with E-state index in [-0.39, 0.29) is 24.3 Å². The van der Waals surface area contributed by atoms with E-state index in [0.29, 0.717) is 17.7 Å². The van der Waals surface area contributed by atoms with E-state index in [9.17, 15) is 27.6 Å². The molecule has 1 amide bonds. The number of nitrogens with one attached hydrogen (secondary N) is 1. The molecule has 1 atom stereocenters. The molecule has 44 heavy (non-hydrogen) atoms. The lowest BCUT2D eigenvalue weighted by Gasteiger charge is -2.24. The Labute approximate surface area is 255 Å². The van der Waals surface area contributed by atoms with Crippen LogP contribution in [0.1, 0.15) is 87.5 Å². The molecule has 0 saturated heterocycles. The highest BCUT2D eigenvalue weighted by molar-refractivity contribution is 5.96. The Kier molecular flexibility index (Phi) is 8.78. The molecule has 234 valence electrons. The van der Waals surface area contributed by atoms with Crippen LogP contribution in [0.15, 0.2) is 71.7 Å². The first kappa shape index (κ1) is 31.5. The molecular formula is C35H39F3N2O4. The number of amides is 1. The van der Waals surface area contributed by atoms with Gasteiger partial charge in [0.25, 0.3) is 5.56 Å². The zero-order chi connectivity index (χ0) is 31.7. The number of rotatable bonds is 9. The third-order valence-corrected chi connectivity index (χ3v) is 8.58. The molecule has 9 heteroatoms. The van der Waals surface area contributed by atoms with Crippen molar-refractivity contribution in [2.24, 2.45) is 11.3 Å². The molecule has 2 saturated carbocycles. The van der Waals surface area contributed by atoms with Crippen molar-refractivity contribution in [3.8, 4) is 0 Å². The van der Waals surface area contributed by atoms with Gasteiger partial charge in [0, 0.05) is 18.0 Å². The molecule has 3 aromatic rings. The maximum absolute atomic E-state index is 13.8. The second-order valence-corrected chi connectivity index (χ2v) is 13.3. The van der Waals surface area contributed by atoms with Gasteiger partial charge in [-0.25, -0.2) is 0 Å². The normalized spacial score (nSPS) is 17.2. The number of carbonyl (C=O) groups excluding carboxylic acids is 2. The van der Waals surface area contributed by atoms with Crippen molar-refractivity contribution < 1.29 is 27.5 Å². The van der Waals surface area contributed by atoms with Gasteiger partial charge in [0.1, 0.15) is 5.60 Å². The summed E-state index contributed by atoms with van der Waals surface area (Å²) < 4.78 is 46.2. The fourth-order valence-corrected chi connectivity index (χ4v) is 6.14. The molecule has 5 rings (SSSR count). The minimum absolute atomic E-state index is 0.0130. The summed E-state index contributed by atoms with van der Waals surface area (Å²) in [5, 5.41) is 3.11. The first-order valence-corrected chi connectivity index (χ1v) is 15.2. The van der Waals surface area contributed by atoms with Crippen LogP contribution in [0.25, 0.3) is 0 Å². The third kappa shape index (κ3) is 7.60. The molecular weight excluding hydrogens is 569 g/mol. The van der Waals surface area contributed by atoms with Crippen LogP contribution in [0.3, 0.4) is 0 Å². The van der Waals surface area contributed by atoms with E-state index < -0.39 is 34.2 Å². The molecule has 1 aromatic heterocycles. The van der Waals surface area contributed by atoms with Crippen molar-refractivity contribution in [3.05, 3.63) is 99.5 Å². The van der Waals surface area contributed by atoms with Gasteiger partial charge in [-0.15, -0.1) is 0 Å². The van der Waals surface area contributed by atoms with Gasteiger partial charge in [0.15, 0.2) is 0 Å². The van der Waals surface area contributed by atoms with E-state index >= 15 is 0 Å². The largest absolute Gasteiger partial charge is 0.460 e. The SMILES string of the molecule is CC(C)(C)OC(=O)C1(Cc2cccc(NC(=O)[C@@H](c3ccc(Cn4cc(C(F)(F)F)ccc4=O)cc3)C3CCCC3)c2)CC1. The molecule has 2 aliphatic carbocycles. The number of hydrogen-bond donors (Lipinski definition) is 1. The van der Waals surface area contributed by atoms with Gasteiger partial charge in [-0.05, 0) is 93.7 Å². The van der Waals surface area contributed by atoms with Crippen molar-refractivity contribution in [1.29, 1.82) is 0 Å². The molecule has 0 aliphatic heterocycles. The standard InChI is InChI=1S/C35H39F3N2O4/c1-33(2,3)44-32(43)34(17-18-34)20-24-7-6-10-28(19-24)39-31(42)30(25-8-4-5-9-25)26-13-11-23(12-14-26)21-40-22-27(35(36,37)38)15-16-29(40)41/h6-7,10-16,19,22,25,30H,4-5,8-9,17-18,20-21H2,1-3H3,(H,39,42)/t30-/m1/s1. The highest BCUT2D eigenvalue weighted by Gasteiger charge is 2.52. The monoisotopic (exact) mass is 608 g/mol. The van der Waals surface area contributed by atoms with Crippen molar-refractivity contribution in [1.82, 2.24) is 4.57 Å². The van der Waals surface area contributed by atoms with Crippen LogP contribution >= 0.6 is 0 Å². The number of esters is 1. The van der Waals surface area contributed by atoms with E-state index in [1.54, 1.807) is 12.1 Å². The van der Waals surface area contributed by atoms with Crippen LogP contribution in [-0.4, -0.2) is 22.0 Å². The number of nitrogens with zero attached hydrogens (tertiary/aromatic N) is 1. The van der Waals surface area contributed by atoms with E-state index in [4.69, 9.17) is 4.74 Å². The highest BCUT2D eigenvalue weighted by atomic mass is 19.4. The zero-order valence-electron chi connectivity index (χ0n) is 25.4. The maximum atomic E-state index is 13.8. The van der Waals surface area contributed by atoms with Crippen LogP contribution in [0.4, 0.5) is 18.9 Å². The summed E-state index contributed by atoms with van der Waals surface area (Å²) in [5.74, 6) is -0.536. The highest BCUT2D eigenvalue weighted by Crippen LogP contribution is 2.50. The second-order valence-electron chi connectivity index (χ2n) is 13.3. The Balaban J connectivity index is 1.31. The Morgan fingerprint density at radius 1 is 0.977 bits per heavy atom. The van der Waals surface area contributed by atoms with E-state index in [0.717, 1.165) is 72.5 Å². The molecule has 2 fully saturated rings. The number of anilines is 1. The Morgan fingerprint density at radius 2 is 1.66 bits per heavy atom. The van der Waals surface area contributed by atoms with Crippen LogP contribution in [0.2, 0.25) is 0 Å². The minimum atomic E-state index is -4.54. The molecule has 0 unspecified atom stereocenters. The Morgan fingerprint density at radius 3 is 2.27 bits per heavy atom. The number of alkyl halides is 3. The van der Waals surface area contributed by atoms with Crippen LogP contribution in [-0.2, 0) is 33.5 Å². The van der Waals surface area contributed by atoms with Gasteiger partial charge >= 0.3 is 12.1 Å². The third-order valence-electron chi connectivity index (χ3n) is 8.58. The van der Waals surface area contributed by atoms with Gasteiger partial charge in [-0.3, -0.25) is 14.4 Å². The van der Waals surface area contributed by atoms with Gasteiger partial charge in [0.05, 0.1) is 23.4 Å². The number of benzene rings is 2. The number of pyridine rings is 1. The summed E-state index contributed by atoms with van der Waals surface area (Å²) in [6.07, 6.45) is 2.35. The number of hydrogen-bond acceptors (Lipinski definition) is 4. The van der Waals surface area contributed by atoms with Crippen molar-refractivity contribution in [2.75, 3.05) is 5.32 Å². The summed E-state index contributed by atoms with van der Waals surface area (Å²) in [4.78, 5) is 38.9. The quantitative estimate of drug-likeness (QED) is 0.255. The fourth-order valence-electron chi connectivity index (χ4n) is 6.14. The van der Waals surface area contributed by atoms with Crippen molar-refractivity contribution in [3.63, 3.8) is 0 Å². The number of carbonyl (C=O) groups is 2. The molecule has 2 aliphatic rings. The van der Waals surface area contributed by atoms with Gasteiger partial charge < -0.3 is 14.6 Å². The van der Waals surface area contributed by atoms with Crippen LogP contribution < -0.4 is 10.9 Å². The fraction of sp³-hybridized carbons (Fsp3) is 0.457. The van der Waals surface area contributed by atoms with Gasteiger partial charge in [-0.2, -0.15) is 13.2 Å². The zero-order valence-corrected chi connectivity index (χ0v) is 25.4. The minimum Gasteiger partial charge on any atom is -0.460 e. The summed E-state index contributed by atoms with van der Waals surface area (Å²) in [7, 11) is 0. The predicted molar refractivity (Wildman–Crippen MR) is 162 cm³/mol. The van der Waals surface area contributed by atoms with E-state index in [1.165, 1.54) is 0 Å². The Bertz CT molecular complexity index is 1560. The average molecular weight is 609 g/mol. The lowest BCUT2D eigenvalue weighted by molar-refractivity contribution is -0.161. The predicted octanol–water partition coefficient (Wildman–Crippen LogP) is 7.49. The van der Waals surface area contributed by atoms with Crippen LogP contribution in [0.5, 0.6) is 0 Å². The number of ether oxygens (including phenoxy) is 1. The summed E-state index contributed by atoms with van der Waals surface area (Å²) in [6, 6.07) is 16.5. The summed E-state index contributed by atoms with van der Waals surface area (Å²) in [5.41, 5.74) is 0.641. The van der Waals surface area contributed by atoms with E-state index in [1.807, 2.05) is 57.2 Å². The number of halogens is 3. The molecule has 0 spiro atoms. The lowest BCUT2D eigenvalue weighted by Crippen LogP contribution is -2.30. The Hall–Kier alpha value is -3.88. The molecule has 2 aromatic carbocycles. The number of aromatic nitrogens is 1. The first-order valence-electron chi connectivity index (χ1n) is 15.2. The first-order chi connectivity index (χ1) is 20.7. The second kappa shape index (κ2) is 12.3. The van der Waals surface area contributed by atoms with Crippen molar-refractivity contribution >= 4 is 17.6 Å². The van der Waals surface area contributed by atoms with Crippen LogP contribution in [0, 0.1) is 11.3 Å². The van der Waals surface area contributed by atoms with Crippen molar-refractivity contribution in [2.45, 2.75) is 90.0 Å². The maximum Gasteiger partial charge on any atom is 0.417 e. The van der Waals surface area contributed by atoms with Gasteiger partial charge in [-0.1, -0.05) is 49.2 Å². The van der Waals surface area contributed by atoms with Gasteiger partial charge in [0.2, 0.25) is 5.91 Å². The summed E-state index contributed by atoms with van der Waals surface area (Å²) in [6.45, 7) is 5.58. The summed E-state index contributed by atoms with van der Waals surface area (Å²) >= 11 is 0.